The lowest BCUT2D eigenvalue weighted by Gasteiger charge is -2.08. The summed E-state index contributed by atoms with van der Waals surface area (Å²) in [5.41, 5.74) is 0.413. The molecule has 0 saturated carbocycles. The Kier molecular flexibility index (Phi) is 7.55. The number of hydrogen-bond acceptors (Lipinski definition) is 7. The first-order valence-electron chi connectivity index (χ1n) is 8.14. The maximum Gasteiger partial charge on any atom is 0.331 e. The van der Waals surface area contributed by atoms with Crippen molar-refractivity contribution in [3.63, 3.8) is 0 Å². The highest BCUT2D eigenvalue weighted by molar-refractivity contribution is 6.33. The van der Waals surface area contributed by atoms with Crippen molar-refractivity contribution in [1.82, 2.24) is 0 Å². The Labute approximate surface area is 171 Å². The van der Waals surface area contributed by atoms with Gasteiger partial charge in [-0.15, -0.1) is 0 Å². The van der Waals surface area contributed by atoms with Crippen molar-refractivity contribution < 1.29 is 28.7 Å². The number of benzene rings is 2. The smallest absolute Gasteiger partial charge is 0.331 e. The highest BCUT2D eigenvalue weighted by atomic mass is 35.5. The number of carbonyl (C=O) groups excluding carboxylic acids is 2. The zero-order chi connectivity index (χ0) is 21.4. The molecule has 2 aromatic carbocycles. The molecule has 0 radical (unpaired) electrons. The summed E-state index contributed by atoms with van der Waals surface area (Å²) in [6.45, 7) is -0.595. The SMILES string of the molecule is COc1ccc(/C=C/C(=O)OCC(=O)Nc2cc([N+](=O)[O-])ccc2Cl)c(OC)c1. The summed E-state index contributed by atoms with van der Waals surface area (Å²) in [5.74, 6) is -0.371. The van der Waals surface area contributed by atoms with Gasteiger partial charge in [0, 0.05) is 29.8 Å². The van der Waals surface area contributed by atoms with Gasteiger partial charge < -0.3 is 19.5 Å². The van der Waals surface area contributed by atoms with E-state index in [1.807, 2.05) is 0 Å². The van der Waals surface area contributed by atoms with Gasteiger partial charge >= 0.3 is 5.97 Å². The third-order valence-corrected chi connectivity index (χ3v) is 3.95. The third-order valence-electron chi connectivity index (χ3n) is 3.62. The second-order valence-corrected chi connectivity index (χ2v) is 5.93. The van der Waals surface area contributed by atoms with Crippen LogP contribution in [0.1, 0.15) is 5.56 Å². The van der Waals surface area contributed by atoms with Crippen LogP contribution in [0.2, 0.25) is 5.02 Å². The summed E-state index contributed by atoms with van der Waals surface area (Å²) >= 11 is 5.90. The maximum atomic E-state index is 11.9. The fourth-order valence-corrected chi connectivity index (χ4v) is 2.37. The molecular formula is C19H17ClN2O7. The molecule has 2 aromatic rings. The number of nitrogens with zero attached hydrogens (tertiary/aromatic N) is 1. The fraction of sp³-hybridized carbons (Fsp3) is 0.158. The van der Waals surface area contributed by atoms with Crippen molar-refractivity contribution in [3.8, 4) is 11.5 Å². The van der Waals surface area contributed by atoms with E-state index in [0.717, 1.165) is 12.1 Å². The van der Waals surface area contributed by atoms with Gasteiger partial charge in [0.05, 0.1) is 29.9 Å². The van der Waals surface area contributed by atoms with Crippen LogP contribution < -0.4 is 14.8 Å². The molecule has 0 aliphatic rings. The normalized spacial score (nSPS) is 10.4. The standard InChI is InChI=1S/C19H17ClN2O7/c1-27-14-6-3-12(17(10-14)28-2)4-8-19(24)29-11-18(23)21-16-9-13(22(25)26)5-7-15(16)20/h3-10H,11H2,1-2H3,(H,21,23)/b8-4+. The van der Waals surface area contributed by atoms with Gasteiger partial charge in [-0.3, -0.25) is 14.9 Å². The minimum atomic E-state index is -0.761. The van der Waals surface area contributed by atoms with E-state index in [1.54, 1.807) is 18.2 Å². The molecular weight excluding hydrogens is 404 g/mol. The van der Waals surface area contributed by atoms with Gasteiger partial charge in [-0.2, -0.15) is 0 Å². The van der Waals surface area contributed by atoms with E-state index >= 15 is 0 Å². The topological polar surface area (TPSA) is 117 Å². The molecule has 0 atom stereocenters. The average molecular weight is 421 g/mol. The zero-order valence-corrected chi connectivity index (χ0v) is 16.3. The molecule has 152 valence electrons. The molecule has 9 nitrogen and oxygen atoms in total. The molecule has 0 heterocycles. The number of nitro groups is 1. The summed E-state index contributed by atoms with van der Waals surface area (Å²) in [5, 5.41) is 13.3. The molecule has 0 bridgehead atoms. The monoisotopic (exact) mass is 420 g/mol. The van der Waals surface area contributed by atoms with Crippen LogP contribution in [-0.4, -0.2) is 37.6 Å². The Morgan fingerprint density at radius 3 is 2.59 bits per heavy atom. The number of non-ortho nitro benzene ring substituents is 1. The Morgan fingerprint density at radius 1 is 1.17 bits per heavy atom. The molecule has 1 N–H and O–H groups in total. The first kappa shape index (κ1) is 21.7. The fourth-order valence-electron chi connectivity index (χ4n) is 2.21. The van der Waals surface area contributed by atoms with Crippen LogP contribution in [-0.2, 0) is 14.3 Å². The summed E-state index contributed by atoms with van der Waals surface area (Å²) in [6.07, 6.45) is 2.61. The van der Waals surface area contributed by atoms with Crippen LogP contribution in [0.4, 0.5) is 11.4 Å². The minimum Gasteiger partial charge on any atom is -0.497 e. The van der Waals surface area contributed by atoms with Gasteiger partial charge in [0.25, 0.3) is 11.6 Å². The van der Waals surface area contributed by atoms with Crippen molar-refractivity contribution in [3.05, 3.63) is 63.2 Å². The minimum absolute atomic E-state index is 0.0421. The van der Waals surface area contributed by atoms with Crippen molar-refractivity contribution in [2.24, 2.45) is 0 Å². The van der Waals surface area contributed by atoms with Crippen molar-refractivity contribution >= 4 is 40.9 Å². The van der Waals surface area contributed by atoms with E-state index in [2.05, 4.69) is 5.32 Å². The molecule has 0 spiro atoms. The van der Waals surface area contributed by atoms with Gasteiger partial charge in [-0.05, 0) is 24.3 Å². The van der Waals surface area contributed by atoms with Gasteiger partial charge in [-0.1, -0.05) is 11.6 Å². The maximum absolute atomic E-state index is 11.9. The average Bonchev–Trinajstić information content (AvgIpc) is 2.71. The molecule has 0 saturated heterocycles. The van der Waals surface area contributed by atoms with Crippen LogP contribution in [0, 0.1) is 10.1 Å². The largest absolute Gasteiger partial charge is 0.497 e. The predicted molar refractivity (Wildman–Crippen MR) is 106 cm³/mol. The summed E-state index contributed by atoms with van der Waals surface area (Å²) in [6, 6.07) is 8.64. The number of anilines is 1. The van der Waals surface area contributed by atoms with Crippen LogP contribution in [0.15, 0.2) is 42.5 Å². The summed E-state index contributed by atoms with van der Waals surface area (Å²) < 4.78 is 15.2. The highest BCUT2D eigenvalue weighted by Gasteiger charge is 2.13. The van der Waals surface area contributed by atoms with E-state index in [9.17, 15) is 19.7 Å². The Hall–Kier alpha value is -3.59. The van der Waals surface area contributed by atoms with Gasteiger partial charge in [0.15, 0.2) is 6.61 Å². The number of rotatable bonds is 8. The van der Waals surface area contributed by atoms with E-state index in [1.165, 1.54) is 32.4 Å². The number of esters is 1. The number of amides is 1. The van der Waals surface area contributed by atoms with Crippen molar-refractivity contribution in [1.29, 1.82) is 0 Å². The van der Waals surface area contributed by atoms with Gasteiger partial charge in [-0.25, -0.2) is 4.79 Å². The second kappa shape index (κ2) is 10.1. The van der Waals surface area contributed by atoms with E-state index in [0.29, 0.717) is 17.1 Å². The van der Waals surface area contributed by atoms with Crippen molar-refractivity contribution in [2.75, 3.05) is 26.1 Å². The molecule has 0 fully saturated rings. The second-order valence-electron chi connectivity index (χ2n) is 5.52. The van der Waals surface area contributed by atoms with E-state index < -0.39 is 23.4 Å². The number of nitro benzene ring substituents is 1. The molecule has 10 heteroatoms. The number of ether oxygens (including phenoxy) is 3. The molecule has 29 heavy (non-hydrogen) atoms. The number of hydrogen-bond donors (Lipinski definition) is 1. The number of halogens is 1. The van der Waals surface area contributed by atoms with E-state index in [-0.39, 0.29) is 16.4 Å². The highest BCUT2D eigenvalue weighted by Crippen LogP contribution is 2.27. The molecule has 2 rings (SSSR count). The Balaban J connectivity index is 1.94. The van der Waals surface area contributed by atoms with Crippen LogP contribution >= 0.6 is 11.6 Å². The first-order chi connectivity index (χ1) is 13.8. The molecule has 0 aliphatic carbocycles. The Morgan fingerprint density at radius 2 is 1.93 bits per heavy atom. The van der Waals surface area contributed by atoms with Crippen molar-refractivity contribution in [2.45, 2.75) is 0 Å². The lowest BCUT2D eigenvalue weighted by molar-refractivity contribution is -0.384. The van der Waals surface area contributed by atoms with Crippen LogP contribution in [0.3, 0.4) is 0 Å². The predicted octanol–water partition coefficient (Wildman–Crippen LogP) is 3.46. The summed E-state index contributed by atoms with van der Waals surface area (Å²) in [4.78, 5) is 33.9. The summed E-state index contributed by atoms with van der Waals surface area (Å²) in [7, 11) is 3.00. The van der Waals surface area contributed by atoms with E-state index in [4.69, 9.17) is 25.8 Å². The zero-order valence-electron chi connectivity index (χ0n) is 15.5. The lowest BCUT2D eigenvalue weighted by Crippen LogP contribution is -2.20. The molecule has 0 aromatic heterocycles. The first-order valence-corrected chi connectivity index (χ1v) is 8.52. The van der Waals surface area contributed by atoms with Gasteiger partial charge in [0.2, 0.25) is 0 Å². The Bertz CT molecular complexity index is 960. The number of nitrogens with one attached hydrogen (secondary N) is 1. The number of carbonyl (C=O) groups is 2. The molecule has 0 unspecified atom stereocenters. The lowest BCUT2D eigenvalue weighted by atomic mass is 10.2. The molecule has 1 amide bonds. The third kappa shape index (κ3) is 6.22. The van der Waals surface area contributed by atoms with Crippen LogP contribution in [0.5, 0.6) is 11.5 Å². The van der Waals surface area contributed by atoms with Gasteiger partial charge in [0.1, 0.15) is 11.5 Å². The van der Waals surface area contributed by atoms with Crippen LogP contribution in [0.25, 0.3) is 6.08 Å². The molecule has 0 aliphatic heterocycles. The quantitative estimate of drug-likeness (QED) is 0.301. The number of methoxy groups -OCH3 is 2.